The summed E-state index contributed by atoms with van der Waals surface area (Å²) < 4.78 is 0. The Hall–Kier alpha value is -0.930. The summed E-state index contributed by atoms with van der Waals surface area (Å²) >= 11 is 0. The van der Waals surface area contributed by atoms with E-state index in [1.165, 1.54) is 57.4 Å². The van der Waals surface area contributed by atoms with Gasteiger partial charge in [0.1, 0.15) is 0 Å². The van der Waals surface area contributed by atoms with Gasteiger partial charge in [0, 0.05) is 51.2 Å². The highest BCUT2D eigenvalue weighted by Crippen LogP contribution is 2.46. The molecule has 2 heterocycles. The van der Waals surface area contributed by atoms with Crippen molar-refractivity contribution >= 4 is 0 Å². The molecule has 3 atom stereocenters. The van der Waals surface area contributed by atoms with Gasteiger partial charge in [0.15, 0.2) is 0 Å². The molecule has 2 aliphatic carbocycles. The second-order valence-corrected chi connectivity index (χ2v) is 6.92. The van der Waals surface area contributed by atoms with Crippen LogP contribution in [0, 0.1) is 11.8 Å². The van der Waals surface area contributed by atoms with Gasteiger partial charge in [0.25, 0.3) is 0 Å². The van der Waals surface area contributed by atoms with Crippen LogP contribution >= 0.6 is 0 Å². The van der Waals surface area contributed by atoms with Gasteiger partial charge in [-0.05, 0) is 42.7 Å². The summed E-state index contributed by atoms with van der Waals surface area (Å²) in [4.78, 5) is 9.60. The average Bonchev–Trinajstić information content (AvgIpc) is 3.12. The molecule has 0 amide bonds. The van der Waals surface area contributed by atoms with E-state index in [0.717, 1.165) is 24.4 Å². The molecule has 0 N–H and O–H groups in total. The lowest BCUT2D eigenvalue weighted by molar-refractivity contribution is 0.0679. The number of piperazine rings is 1. The maximum atomic E-state index is 4.22. The molecule has 3 heteroatoms. The van der Waals surface area contributed by atoms with Crippen molar-refractivity contribution in [1.29, 1.82) is 0 Å². The second kappa shape index (κ2) is 5.45. The molecule has 1 aliphatic heterocycles. The van der Waals surface area contributed by atoms with E-state index in [0.29, 0.717) is 0 Å². The van der Waals surface area contributed by atoms with Crippen LogP contribution < -0.4 is 0 Å². The highest BCUT2D eigenvalue weighted by molar-refractivity contribution is 5.08. The first-order valence-electron chi connectivity index (χ1n) is 8.24. The van der Waals surface area contributed by atoms with Crippen molar-refractivity contribution in [3.05, 3.63) is 30.1 Å². The van der Waals surface area contributed by atoms with Gasteiger partial charge in [-0.15, -0.1) is 0 Å². The Balaban J connectivity index is 1.30. The first-order valence-corrected chi connectivity index (χ1v) is 8.24. The summed E-state index contributed by atoms with van der Waals surface area (Å²) in [7, 11) is 0. The maximum Gasteiger partial charge on any atom is 0.0312 e. The second-order valence-electron chi connectivity index (χ2n) is 6.92. The normalized spacial score (nSPS) is 34.7. The van der Waals surface area contributed by atoms with Gasteiger partial charge in [0.2, 0.25) is 0 Å². The quantitative estimate of drug-likeness (QED) is 0.841. The fraction of sp³-hybridized carbons (Fsp3) is 0.706. The molecule has 4 rings (SSSR count). The monoisotopic (exact) mass is 271 g/mol. The van der Waals surface area contributed by atoms with Crippen molar-refractivity contribution in [2.45, 2.75) is 38.3 Å². The van der Waals surface area contributed by atoms with Gasteiger partial charge >= 0.3 is 0 Å². The van der Waals surface area contributed by atoms with Crippen LogP contribution in [0.2, 0.25) is 0 Å². The van der Waals surface area contributed by atoms with Crippen molar-refractivity contribution < 1.29 is 0 Å². The first kappa shape index (κ1) is 12.8. The summed E-state index contributed by atoms with van der Waals surface area (Å²) in [5.41, 5.74) is 1.35. The van der Waals surface area contributed by atoms with Crippen LogP contribution in [0.15, 0.2) is 24.5 Å². The highest BCUT2D eigenvalue weighted by Gasteiger charge is 2.42. The minimum Gasteiger partial charge on any atom is -0.298 e. The van der Waals surface area contributed by atoms with Gasteiger partial charge in [0.05, 0.1) is 0 Å². The molecule has 1 aromatic heterocycles. The molecule has 0 aromatic carbocycles. The van der Waals surface area contributed by atoms with Gasteiger partial charge in [-0.1, -0.05) is 12.5 Å². The van der Waals surface area contributed by atoms with E-state index >= 15 is 0 Å². The van der Waals surface area contributed by atoms with E-state index in [9.17, 15) is 0 Å². The molecule has 2 bridgehead atoms. The van der Waals surface area contributed by atoms with Crippen LogP contribution in [0.25, 0.3) is 0 Å². The summed E-state index contributed by atoms with van der Waals surface area (Å²) in [6.45, 7) is 6.06. The van der Waals surface area contributed by atoms with Crippen molar-refractivity contribution in [1.82, 2.24) is 14.8 Å². The Bertz CT molecular complexity index is 439. The number of nitrogens with zero attached hydrogens (tertiary/aromatic N) is 3. The molecule has 3 fully saturated rings. The first-order chi connectivity index (χ1) is 9.88. The lowest BCUT2D eigenvalue weighted by Crippen LogP contribution is -2.51. The number of hydrogen-bond acceptors (Lipinski definition) is 3. The van der Waals surface area contributed by atoms with Gasteiger partial charge in [-0.25, -0.2) is 0 Å². The third-order valence-corrected chi connectivity index (χ3v) is 5.71. The number of fused-ring (bicyclic) bond motifs is 2. The van der Waals surface area contributed by atoms with Crippen molar-refractivity contribution in [3.63, 3.8) is 0 Å². The smallest absolute Gasteiger partial charge is 0.0312 e. The predicted molar refractivity (Wildman–Crippen MR) is 80.3 cm³/mol. The number of rotatable bonds is 3. The van der Waals surface area contributed by atoms with Crippen LogP contribution in [0.5, 0.6) is 0 Å². The molecule has 3 nitrogen and oxygen atoms in total. The number of pyridine rings is 1. The van der Waals surface area contributed by atoms with Crippen LogP contribution in [0.4, 0.5) is 0 Å². The zero-order valence-corrected chi connectivity index (χ0v) is 12.2. The average molecular weight is 271 g/mol. The Labute approximate surface area is 122 Å². The van der Waals surface area contributed by atoms with E-state index in [1.807, 2.05) is 18.5 Å². The molecule has 1 aromatic rings. The van der Waals surface area contributed by atoms with Crippen LogP contribution in [-0.2, 0) is 6.54 Å². The van der Waals surface area contributed by atoms with Crippen LogP contribution in [0.3, 0.4) is 0 Å². The van der Waals surface area contributed by atoms with Crippen molar-refractivity contribution in [2.75, 3.05) is 26.2 Å². The van der Waals surface area contributed by atoms with E-state index in [-0.39, 0.29) is 0 Å². The Kier molecular flexibility index (Phi) is 3.49. The summed E-state index contributed by atoms with van der Waals surface area (Å²) in [6.07, 6.45) is 9.90. The Morgan fingerprint density at radius 1 is 1.10 bits per heavy atom. The number of hydrogen-bond donors (Lipinski definition) is 0. The van der Waals surface area contributed by atoms with Crippen LogP contribution in [0.1, 0.15) is 31.2 Å². The Morgan fingerprint density at radius 2 is 2.00 bits per heavy atom. The van der Waals surface area contributed by atoms with E-state index < -0.39 is 0 Å². The lowest BCUT2D eigenvalue weighted by Gasteiger charge is -2.41. The largest absolute Gasteiger partial charge is 0.298 e. The molecule has 1 saturated heterocycles. The van der Waals surface area contributed by atoms with Gasteiger partial charge in [-0.2, -0.15) is 0 Å². The zero-order valence-electron chi connectivity index (χ0n) is 12.2. The third kappa shape index (κ3) is 2.49. The fourth-order valence-electron chi connectivity index (χ4n) is 4.66. The van der Waals surface area contributed by atoms with Gasteiger partial charge < -0.3 is 0 Å². The molecule has 0 unspecified atom stereocenters. The molecule has 0 spiro atoms. The molecule has 2 saturated carbocycles. The van der Waals surface area contributed by atoms with Gasteiger partial charge in [-0.3, -0.25) is 14.8 Å². The SMILES string of the molecule is c1cncc(CN2CCN([C@H]3C[C@@H]4CC[C@H]3C4)CC2)c1. The molecular formula is C17H25N3. The standard InChI is InChI=1S/C17H25N3/c1-2-15(12-18-5-1)13-19-6-8-20(9-7-19)17-11-14-3-4-16(17)10-14/h1-2,5,12,14,16-17H,3-4,6-11,13H2/t14-,16+,17+/m1/s1. The molecule has 3 aliphatic rings. The minimum absolute atomic E-state index is 0.925. The molecule has 20 heavy (non-hydrogen) atoms. The third-order valence-electron chi connectivity index (χ3n) is 5.71. The summed E-state index contributed by atoms with van der Waals surface area (Å²) in [5.74, 6) is 2.10. The Morgan fingerprint density at radius 3 is 2.65 bits per heavy atom. The minimum atomic E-state index is 0.925. The molecule has 0 radical (unpaired) electrons. The van der Waals surface area contributed by atoms with E-state index in [2.05, 4.69) is 20.9 Å². The lowest BCUT2D eigenvalue weighted by atomic mass is 9.93. The van der Waals surface area contributed by atoms with Crippen LogP contribution in [-0.4, -0.2) is 47.0 Å². The van der Waals surface area contributed by atoms with Crippen molar-refractivity contribution in [2.24, 2.45) is 11.8 Å². The zero-order chi connectivity index (χ0) is 13.4. The molecular weight excluding hydrogens is 246 g/mol. The predicted octanol–water partition coefficient (Wildman–Crippen LogP) is 2.39. The topological polar surface area (TPSA) is 19.4 Å². The number of aromatic nitrogens is 1. The highest BCUT2D eigenvalue weighted by atomic mass is 15.3. The molecule has 108 valence electrons. The fourth-order valence-corrected chi connectivity index (χ4v) is 4.66. The maximum absolute atomic E-state index is 4.22. The summed E-state index contributed by atoms with van der Waals surface area (Å²) in [6, 6.07) is 5.16. The van der Waals surface area contributed by atoms with E-state index in [1.54, 1.807) is 0 Å². The van der Waals surface area contributed by atoms with E-state index in [4.69, 9.17) is 0 Å². The summed E-state index contributed by atoms with van der Waals surface area (Å²) in [5, 5.41) is 0. The van der Waals surface area contributed by atoms with Crippen molar-refractivity contribution in [3.8, 4) is 0 Å².